The summed E-state index contributed by atoms with van der Waals surface area (Å²) in [5.41, 5.74) is 0. The average molecular weight is 95.1 g/mol. The minimum absolute atomic E-state index is 2.59. The Morgan fingerprint density at radius 2 is 1.80 bits per heavy atom. The van der Waals surface area contributed by atoms with Gasteiger partial charge in [0.1, 0.15) is 0 Å². The topological polar surface area (TPSA) is 43.4 Å². The van der Waals surface area contributed by atoms with Gasteiger partial charge in [0.05, 0.1) is 7.11 Å². The Balaban J connectivity index is 3.23. The standard InChI is InChI=1S/CH3O3S/c1-4-5(2)3/h5H,1H2. The van der Waals surface area contributed by atoms with Crippen LogP contribution in [0.25, 0.3) is 0 Å². The Bertz CT molecular complexity index is 65.0. The molecule has 0 bridgehead atoms. The summed E-state index contributed by atoms with van der Waals surface area (Å²) in [4.78, 5) is 0. The molecule has 0 fully saturated rings. The number of hydrogen-bond acceptors (Lipinski definition) is 3. The van der Waals surface area contributed by atoms with E-state index in [1.165, 1.54) is 0 Å². The van der Waals surface area contributed by atoms with Gasteiger partial charge in [0, 0.05) is 0 Å². The molecule has 0 aromatic heterocycles. The van der Waals surface area contributed by atoms with Gasteiger partial charge < -0.3 is 0 Å². The molecule has 0 amide bonds. The van der Waals surface area contributed by atoms with Crippen LogP contribution in [0.15, 0.2) is 0 Å². The smallest absolute Gasteiger partial charge is 0.257 e. The van der Waals surface area contributed by atoms with Gasteiger partial charge in [-0.15, -0.1) is 0 Å². The lowest BCUT2D eigenvalue weighted by molar-refractivity contribution is 0.461. The Labute approximate surface area is 31.7 Å². The van der Waals surface area contributed by atoms with E-state index < -0.39 is 11.0 Å². The van der Waals surface area contributed by atoms with E-state index in [4.69, 9.17) is 8.42 Å². The van der Waals surface area contributed by atoms with Crippen molar-refractivity contribution in [2.75, 3.05) is 0 Å². The van der Waals surface area contributed by atoms with Gasteiger partial charge in [-0.25, -0.2) is 8.42 Å². The zero-order valence-corrected chi connectivity index (χ0v) is 3.27. The number of thiol groups is 1. The molecule has 0 atom stereocenters. The third-order valence-corrected chi connectivity index (χ3v) is 0.316. The summed E-state index contributed by atoms with van der Waals surface area (Å²) in [6.45, 7) is 0. The minimum Gasteiger partial charge on any atom is -0.270 e. The van der Waals surface area contributed by atoms with E-state index in [-0.39, 0.29) is 0 Å². The zero-order valence-electron chi connectivity index (χ0n) is 2.38. The van der Waals surface area contributed by atoms with Crippen molar-refractivity contribution >= 4 is 11.0 Å². The maximum absolute atomic E-state index is 9.12. The first-order valence-electron chi connectivity index (χ1n) is 0.836. The molecule has 1 radical (unpaired) electrons. The molecule has 0 aromatic rings. The van der Waals surface area contributed by atoms with Gasteiger partial charge in [-0.2, -0.15) is 0 Å². The van der Waals surface area contributed by atoms with Crippen molar-refractivity contribution < 1.29 is 12.6 Å². The van der Waals surface area contributed by atoms with Gasteiger partial charge in [-0.05, 0) is 0 Å². The second-order valence-electron chi connectivity index (χ2n) is 0.353. The third-order valence-electron chi connectivity index (χ3n) is 0.105. The van der Waals surface area contributed by atoms with E-state index in [1.807, 2.05) is 0 Å². The van der Waals surface area contributed by atoms with Gasteiger partial charge in [-0.1, -0.05) is 0 Å². The highest BCUT2D eigenvalue weighted by atomic mass is 32.2. The van der Waals surface area contributed by atoms with Gasteiger partial charge in [0.25, 0.3) is 11.0 Å². The summed E-state index contributed by atoms with van der Waals surface area (Å²) in [5, 5.41) is 0. The van der Waals surface area contributed by atoms with Crippen molar-refractivity contribution in [3.63, 3.8) is 0 Å². The van der Waals surface area contributed by atoms with Crippen LogP contribution < -0.4 is 0 Å². The van der Waals surface area contributed by atoms with Crippen LogP contribution in [-0.4, -0.2) is 8.42 Å². The third kappa shape index (κ3) is 3.91. The van der Waals surface area contributed by atoms with Crippen LogP contribution in [0.4, 0.5) is 0 Å². The van der Waals surface area contributed by atoms with Crippen LogP contribution >= 0.6 is 0 Å². The van der Waals surface area contributed by atoms with E-state index in [2.05, 4.69) is 11.3 Å². The van der Waals surface area contributed by atoms with Gasteiger partial charge in [0.2, 0.25) is 0 Å². The van der Waals surface area contributed by atoms with E-state index in [9.17, 15) is 0 Å². The number of hydrogen-bond donors (Lipinski definition) is 1. The molecule has 0 saturated carbocycles. The largest absolute Gasteiger partial charge is 0.270 e. The molecule has 5 heavy (non-hydrogen) atoms. The molecule has 0 rings (SSSR count). The van der Waals surface area contributed by atoms with E-state index >= 15 is 0 Å². The molecule has 0 aromatic carbocycles. The fraction of sp³-hybridized carbons (Fsp3) is 0. The van der Waals surface area contributed by atoms with Gasteiger partial charge in [-0.3, -0.25) is 4.18 Å². The first kappa shape index (κ1) is 4.91. The molecule has 31 valence electrons. The molecular weight excluding hydrogens is 92.1 g/mol. The predicted octanol–water partition coefficient (Wildman–Crippen LogP) is -0.679. The predicted molar refractivity (Wildman–Crippen MR) is 16.8 cm³/mol. The van der Waals surface area contributed by atoms with Crippen LogP contribution in [0, 0.1) is 7.11 Å². The maximum atomic E-state index is 9.12. The molecule has 0 spiro atoms. The molecule has 4 heteroatoms. The average Bonchev–Trinajstić information content (AvgIpc) is 1.38. The molecular formula is CH3O3S. The Morgan fingerprint density at radius 3 is 1.80 bits per heavy atom. The summed E-state index contributed by atoms with van der Waals surface area (Å²) in [6.07, 6.45) is 0. The second kappa shape index (κ2) is 2.17. The molecule has 0 unspecified atom stereocenters. The minimum atomic E-state index is -2.71. The lowest BCUT2D eigenvalue weighted by atomic mass is 11.8. The Kier molecular flexibility index (Phi) is 2.13. The summed E-state index contributed by atoms with van der Waals surface area (Å²) in [5.74, 6) is 0. The van der Waals surface area contributed by atoms with Crippen LogP contribution in [0.3, 0.4) is 0 Å². The lowest BCUT2D eigenvalue weighted by Crippen LogP contribution is -1.69. The Hall–Kier alpha value is -0.0900. The Morgan fingerprint density at radius 1 is 1.60 bits per heavy atom. The fourth-order valence-electron chi connectivity index (χ4n) is 0. The molecule has 0 aliphatic rings. The maximum Gasteiger partial charge on any atom is 0.257 e. The molecule has 0 N–H and O–H groups in total. The molecule has 0 aliphatic carbocycles. The van der Waals surface area contributed by atoms with E-state index in [0.717, 1.165) is 0 Å². The van der Waals surface area contributed by atoms with Gasteiger partial charge >= 0.3 is 0 Å². The van der Waals surface area contributed by atoms with Crippen molar-refractivity contribution in [2.45, 2.75) is 0 Å². The second-order valence-corrected chi connectivity index (χ2v) is 1.06. The summed E-state index contributed by atoms with van der Waals surface area (Å²) in [7, 11) is -0.120. The first-order chi connectivity index (χ1) is 2.27. The zero-order chi connectivity index (χ0) is 4.28. The van der Waals surface area contributed by atoms with Crippen molar-refractivity contribution in [3.8, 4) is 0 Å². The first-order valence-corrected chi connectivity index (χ1v) is 1.93. The van der Waals surface area contributed by atoms with Crippen LogP contribution in [0.1, 0.15) is 0 Å². The summed E-state index contributed by atoms with van der Waals surface area (Å²) in [6, 6.07) is 0. The van der Waals surface area contributed by atoms with Crippen molar-refractivity contribution in [2.24, 2.45) is 0 Å². The van der Waals surface area contributed by atoms with Crippen LogP contribution in [0.2, 0.25) is 0 Å². The summed E-state index contributed by atoms with van der Waals surface area (Å²) < 4.78 is 21.7. The normalized spacial score (nSPS) is 9.20. The molecule has 0 saturated heterocycles. The van der Waals surface area contributed by atoms with Gasteiger partial charge in [0.15, 0.2) is 0 Å². The van der Waals surface area contributed by atoms with Crippen molar-refractivity contribution in [3.05, 3.63) is 7.11 Å². The van der Waals surface area contributed by atoms with Crippen molar-refractivity contribution in [1.82, 2.24) is 0 Å². The molecule has 0 heterocycles. The van der Waals surface area contributed by atoms with E-state index in [1.54, 1.807) is 0 Å². The van der Waals surface area contributed by atoms with E-state index in [0.29, 0.717) is 0 Å². The number of rotatable bonds is 1. The lowest BCUT2D eigenvalue weighted by Gasteiger charge is -1.66. The summed E-state index contributed by atoms with van der Waals surface area (Å²) >= 11 is 0. The van der Waals surface area contributed by atoms with Crippen molar-refractivity contribution in [1.29, 1.82) is 0 Å². The highest BCUT2D eigenvalue weighted by molar-refractivity contribution is 7.67. The highest BCUT2D eigenvalue weighted by Crippen LogP contribution is 1.57. The van der Waals surface area contributed by atoms with Crippen LogP contribution in [0.5, 0.6) is 0 Å². The SMILES string of the molecule is [CH2]O[SH](=O)=O. The highest BCUT2D eigenvalue weighted by Gasteiger charge is 1.62. The fourth-order valence-corrected chi connectivity index (χ4v) is 0. The molecule has 0 aliphatic heterocycles. The monoisotopic (exact) mass is 95.0 g/mol. The quantitative estimate of drug-likeness (QED) is 0.439. The van der Waals surface area contributed by atoms with Crippen LogP contribution in [-0.2, 0) is 15.2 Å². The molecule has 3 nitrogen and oxygen atoms in total.